The SMILES string of the molecule is CC1CCCN(S(=O)(=O)c2ccc(Br)cc2)C1CN. The lowest BCUT2D eigenvalue weighted by molar-refractivity contribution is 0.192. The third-order valence-corrected chi connectivity index (χ3v) is 6.19. The molecule has 1 heterocycles. The molecule has 2 unspecified atom stereocenters. The summed E-state index contributed by atoms with van der Waals surface area (Å²) in [4.78, 5) is 0.336. The molecule has 0 amide bonds. The second-order valence-corrected chi connectivity index (χ2v) is 7.80. The van der Waals surface area contributed by atoms with Gasteiger partial charge in [-0.25, -0.2) is 8.42 Å². The van der Waals surface area contributed by atoms with E-state index in [1.807, 2.05) is 0 Å². The first-order chi connectivity index (χ1) is 8.96. The molecule has 0 saturated carbocycles. The zero-order valence-electron chi connectivity index (χ0n) is 10.9. The zero-order valence-corrected chi connectivity index (χ0v) is 13.3. The molecule has 0 aliphatic carbocycles. The topological polar surface area (TPSA) is 63.4 Å². The summed E-state index contributed by atoms with van der Waals surface area (Å²) in [6, 6.07) is 6.66. The summed E-state index contributed by atoms with van der Waals surface area (Å²) >= 11 is 3.31. The van der Waals surface area contributed by atoms with E-state index in [2.05, 4.69) is 22.9 Å². The predicted octanol–water partition coefficient (Wildman–Crippen LogP) is 2.20. The molecule has 4 nitrogen and oxygen atoms in total. The molecule has 1 aliphatic heterocycles. The van der Waals surface area contributed by atoms with Gasteiger partial charge in [-0.2, -0.15) is 4.31 Å². The summed E-state index contributed by atoms with van der Waals surface area (Å²) in [5.41, 5.74) is 5.77. The highest BCUT2D eigenvalue weighted by Crippen LogP contribution is 2.29. The van der Waals surface area contributed by atoms with Gasteiger partial charge in [0, 0.05) is 23.6 Å². The lowest BCUT2D eigenvalue weighted by Gasteiger charge is -2.38. The van der Waals surface area contributed by atoms with E-state index < -0.39 is 10.0 Å². The van der Waals surface area contributed by atoms with E-state index in [0.717, 1.165) is 17.3 Å². The molecule has 0 spiro atoms. The Morgan fingerprint density at radius 1 is 1.37 bits per heavy atom. The molecule has 6 heteroatoms. The van der Waals surface area contributed by atoms with E-state index in [0.29, 0.717) is 23.9 Å². The standard InChI is InChI=1S/C13H19BrN2O2S/c1-10-3-2-8-16(13(10)9-15)19(17,18)12-6-4-11(14)5-7-12/h4-7,10,13H,2-3,8-9,15H2,1H3. The van der Waals surface area contributed by atoms with E-state index in [9.17, 15) is 8.42 Å². The van der Waals surface area contributed by atoms with Crippen molar-refractivity contribution < 1.29 is 8.42 Å². The molecule has 0 bridgehead atoms. The van der Waals surface area contributed by atoms with Crippen LogP contribution in [-0.2, 0) is 10.0 Å². The summed E-state index contributed by atoms with van der Waals surface area (Å²) in [6.07, 6.45) is 1.93. The third kappa shape index (κ3) is 3.02. The molecule has 1 fully saturated rings. The molecule has 0 radical (unpaired) electrons. The van der Waals surface area contributed by atoms with Crippen molar-refractivity contribution in [3.8, 4) is 0 Å². The maximum atomic E-state index is 12.7. The number of sulfonamides is 1. The summed E-state index contributed by atoms with van der Waals surface area (Å²) in [6.45, 7) is 3.00. The number of rotatable bonds is 3. The summed E-state index contributed by atoms with van der Waals surface area (Å²) in [5.74, 6) is 0.309. The van der Waals surface area contributed by atoms with Gasteiger partial charge in [0.2, 0.25) is 10.0 Å². The highest BCUT2D eigenvalue weighted by Gasteiger charge is 2.36. The molecule has 1 aromatic rings. The lowest BCUT2D eigenvalue weighted by atomic mass is 9.93. The molecular weight excluding hydrogens is 328 g/mol. The van der Waals surface area contributed by atoms with Crippen molar-refractivity contribution in [2.24, 2.45) is 11.7 Å². The highest BCUT2D eigenvalue weighted by molar-refractivity contribution is 9.10. The summed E-state index contributed by atoms with van der Waals surface area (Å²) < 4.78 is 27.8. The molecule has 2 atom stereocenters. The minimum atomic E-state index is -3.44. The van der Waals surface area contributed by atoms with E-state index in [-0.39, 0.29) is 6.04 Å². The molecule has 1 aliphatic rings. The van der Waals surface area contributed by atoms with Crippen LogP contribution in [-0.4, -0.2) is 31.9 Å². The van der Waals surface area contributed by atoms with Gasteiger partial charge < -0.3 is 5.73 Å². The highest BCUT2D eigenvalue weighted by atomic mass is 79.9. The van der Waals surface area contributed by atoms with Crippen LogP contribution in [0.2, 0.25) is 0 Å². The van der Waals surface area contributed by atoms with Crippen molar-refractivity contribution in [1.29, 1.82) is 0 Å². The smallest absolute Gasteiger partial charge is 0.243 e. The minimum absolute atomic E-state index is 0.0950. The summed E-state index contributed by atoms with van der Waals surface area (Å²) in [5, 5.41) is 0. The van der Waals surface area contributed by atoms with E-state index in [1.165, 1.54) is 0 Å². The van der Waals surface area contributed by atoms with Crippen LogP contribution in [0.5, 0.6) is 0 Å². The van der Waals surface area contributed by atoms with E-state index in [4.69, 9.17) is 5.73 Å². The number of nitrogens with zero attached hydrogens (tertiary/aromatic N) is 1. The Labute approximate surface area is 123 Å². The quantitative estimate of drug-likeness (QED) is 0.912. The number of hydrogen-bond acceptors (Lipinski definition) is 3. The van der Waals surface area contributed by atoms with Crippen LogP contribution in [0.25, 0.3) is 0 Å². The first-order valence-corrected chi connectivity index (χ1v) is 8.67. The molecular formula is C13H19BrN2O2S. The van der Waals surface area contributed by atoms with Gasteiger partial charge in [0.1, 0.15) is 0 Å². The molecule has 19 heavy (non-hydrogen) atoms. The monoisotopic (exact) mass is 346 g/mol. The largest absolute Gasteiger partial charge is 0.329 e. The maximum absolute atomic E-state index is 12.7. The van der Waals surface area contributed by atoms with Gasteiger partial charge in [0.05, 0.1) is 4.90 Å². The third-order valence-electron chi connectivity index (χ3n) is 3.73. The minimum Gasteiger partial charge on any atom is -0.329 e. The fourth-order valence-electron chi connectivity index (χ4n) is 2.60. The predicted molar refractivity (Wildman–Crippen MR) is 79.3 cm³/mol. The van der Waals surface area contributed by atoms with Crippen molar-refractivity contribution in [3.05, 3.63) is 28.7 Å². The maximum Gasteiger partial charge on any atom is 0.243 e. The second-order valence-electron chi connectivity index (χ2n) is 4.99. The van der Waals surface area contributed by atoms with Gasteiger partial charge in [-0.3, -0.25) is 0 Å². The number of benzene rings is 1. The number of halogens is 1. The Kier molecular flexibility index (Phi) is 4.66. The van der Waals surface area contributed by atoms with Crippen molar-refractivity contribution in [3.63, 3.8) is 0 Å². The van der Waals surface area contributed by atoms with Crippen LogP contribution in [0.3, 0.4) is 0 Å². The first-order valence-electron chi connectivity index (χ1n) is 6.44. The van der Waals surface area contributed by atoms with E-state index >= 15 is 0 Å². The fourth-order valence-corrected chi connectivity index (χ4v) is 4.64. The van der Waals surface area contributed by atoms with Crippen LogP contribution < -0.4 is 5.73 Å². The molecule has 2 N–H and O–H groups in total. The zero-order chi connectivity index (χ0) is 14.0. The van der Waals surface area contributed by atoms with Crippen molar-refractivity contribution in [2.75, 3.05) is 13.1 Å². The lowest BCUT2D eigenvalue weighted by Crippen LogP contribution is -2.51. The van der Waals surface area contributed by atoms with E-state index in [1.54, 1.807) is 28.6 Å². The number of piperidine rings is 1. The Hall–Kier alpha value is -0.430. The second kappa shape index (κ2) is 5.91. The van der Waals surface area contributed by atoms with Crippen LogP contribution in [0.1, 0.15) is 19.8 Å². The molecule has 106 valence electrons. The molecule has 2 rings (SSSR count). The van der Waals surface area contributed by atoms with Crippen LogP contribution in [0.15, 0.2) is 33.6 Å². The van der Waals surface area contributed by atoms with Gasteiger partial charge >= 0.3 is 0 Å². The van der Waals surface area contributed by atoms with Crippen molar-refractivity contribution in [1.82, 2.24) is 4.31 Å². The Balaban J connectivity index is 2.35. The fraction of sp³-hybridized carbons (Fsp3) is 0.538. The molecule has 1 saturated heterocycles. The van der Waals surface area contributed by atoms with Crippen LogP contribution in [0, 0.1) is 5.92 Å². The average molecular weight is 347 g/mol. The van der Waals surface area contributed by atoms with Gasteiger partial charge in [-0.1, -0.05) is 22.9 Å². The molecule has 0 aromatic heterocycles. The number of hydrogen-bond donors (Lipinski definition) is 1. The normalized spacial score (nSPS) is 25.4. The van der Waals surface area contributed by atoms with Gasteiger partial charge in [0.15, 0.2) is 0 Å². The van der Waals surface area contributed by atoms with Gasteiger partial charge in [0.25, 0.3) is 0 Å². The Morgan fingerprint density at radius 2 is 2.00 bits per heavy atom. The van der Waals surface area contributed by atoms with Gasteiger partial charge in [-0.05, 0) is 43.0 Å². The van der Waals surface area contributed by atoms with Gasteiger partial charge in [-0.15, -0.1) is 0 Å². The van der Waals surface area contributed by atoms with Crippen LogP contribution >= 0.6 is 15.9 Å². The first kappa shape index (κ1) is 15.0. The summed E-state index contributed by atoms with van der Waals surface area (Å²) in [7, 11) is -3.44. The average Bonchev–Trinajstić information content (AvgIpc) is 2.39. The molecule has 1 aromatic carbocycles. The van der Waals surface area contributed by atoms with Crippen LogP contribution in [0.4, 0.5) is 0 Å². The van der Waals surface area contributed by atoms with Crippen molar-refractivity contribution in [2.45, 2.75) is 30.7 Å². The Bertz CT molecular complexity index is 530. The van der Waals surface area contributed by atoms with Crippen molar-refractivity contribution >= 4 is 26.0 Å². The number of nitrogens with two attached hydrogens (primary N) is 1. The Morgan fingerprint density at radius 3 is 2.58 bits per heavy atom.